The minimum atomic E-state index is -1.13. The molecule has 1 aromatic rings. The molecule has 22 heavy (non-hydrogen) atoms. The number of carboxylic acids is 2. The number of amides is 1. The maximum Gasteiger partial charge on any atom is 0.336 e. The first kappa shape index (κ1) is 16.0. The second kappa shape index (κ2) is 7.06. The zero-order valence-electron chi connectivity index (χ0n) is 12.1. The monoisotopic (exact) mass is 305 g/mol. The van der Waals surface area contributed by atoms with Crippen LogP contribution in [0.3, 0.4) is 0 Å². The van der Waals surface area contributed by atoms with Crippen LogP contribution in [0.15, 0.2) is 24.3 Å². The lowest BCUT2D eigenvalue weighted by molar-refractivity contribution is -0.143. The summed E-state index contributed by atoms with van der Waals surface area (Å²) in [6.07, 6.45) is 2.78. The summed E-state index contributed by atoms with van der Waals surface area (Å²) in [5, 5.41) is 20.8. The Labute approximate surface area is 128 Å². The van der Waals surface area contributed by atoms with Gasteiger partial charge in [0.1, 0.15) is 0 Å². The van der Waals surface area contributed by atoms with Crippen LogP contribution in [0.1, 0.15) is 46.4 Å². The molecule has 0 radical (unpaired) electrons. The fourth-order valence-corrected chi connectivity index (χ4v) is 2.81. The Hall–Kier alpha value is -2.37. The highest BCUT2D eigenvalue weighted by Crippen LogP contribution is 2.28. The van der Waals surface area contributed by atoms with Crippen molar-refractivity contribution < 1.29 is 24.6 Å². The second-order valence-electron chi connectivity index (χ2n) is 5.62. The van der Waals surface area contributed by atoms with Crippen LogP contribution in [0.4, 0.5) is 0 Å². The highest BCUT2D eigenvalue weighted by Gasteiger charge is 2.26. The minimum Gasteiger partial charge on any atom is -0.481 e. The molecule has 0 bridgehead atoms. The first-order valence-corrected chi connectivity index (χ1v) is 7.32. The molecule has 6 heteroatoms. The Morgan fingerprint density at radius 2 is 1.59 bits per heavy atom. The summed E-state index contributed by atoms with van der Waals surface area (Å²) in [7, 11) is 0. The Morgan fingerprint density at radius 1 is 1.00 bits per heavy atom. The first-order chi connectivity index (χ1) is 10.5. The number of rotatable bonds is 5. The predicted molar refractivity (Wildman–Crippen MR) is 78.8 cm³/mol. The van der Waals surface area contributed by atoms with Crippen LogP contribution in [0.25, 0.3) is 0 Å². The van der Waals surface area contributed by atoms with Crippen molar-refractivity contribution in [1.82, 2.24) is 5.32 Å². The minimum absolute atomic E-state index is 0.0189. The molecule has 1 saturated carbocycles. The summed E-state index contributed by atoms with van der Waals surface area (Å²) in [4.78, 5) is 34.1. The quantitative estimate of drug-likeness (QED) is 0.772. The number of carbonyl (C=O) groups excluding carboxylic acids is 1. The lowest BCUT2D eigenvalue weighted by Crippen LogP contribution is -2.33. The number of nitrogens with one attached hydrogen (secondary N) is 1. The van der Waals surface area contributed by atoms with Crippen molar-refractivity contribution >= 4 is 17.8 Å². The highest BCUT2D eigenvalue weighted by molar-refractivity contribution is 6.04. The van der Waals surface area contributed by atoms with E-state index >= 15 is 0 Å². The van der Waals surface area contributed by atoms with Gasteiger partial charge in [-0.3, -0.25) is 9.59 Å². The molecule has 1 aliphatic carbocycles. The van der Waals surface area contributed by atoms with E-state index in [-0.39, 0.29) is 23.0 Å². The number of aromatic carboxylic acids is 1. The molecule has 118 valence electrons. The fraction of sp³-hybridized carbons (Fsp3) is 0.438. The van der Waals surface area contributed by atoms with Crippen LogP contribution >= 0.6 is 0 Å². The summed E-state index contributed by atoms with van der Waals surface area (Å²) in [6.45, 7) is 0.444. The van der Waals surface area contributed by atoms with E-state index in [0.29, 0.717) is 19.4 Å². The van der Waals surface area contributed by atoms with Crippen LogP contribution in [-0.2, 0) is 4.79 Å². The Bertz CT molecular complexity index is 576. The molecule has 0 heterocycles. The van der Waals surface area contributed by atoms with Gasteiger partial charge in [-0.25, -0.2) is 4.79 Å². The van der Waals surface area contributed by atoms with Gasteiger partial charge in [0.2, 0.25) is 0 Å². The van der Waals surface area contributed by atoms with E-state index in [1.54, 1.807) is 12.1 Å². The van der Waals surface area contributed by atoms with Gasteiger partial charge in [0.05, 0.1) is 17.0 Å². The second-order valence-corrected chi connectivity index (χ2v) is 5.62. The van der Waals surface area contributed by atoms with E-state index in [2.05, 4.69) is 5.32 Å². The van der Waals surface area contributed by atoms with E-state index in [9.17, 15) is 14.4 Å². The molecule has 1 aliphatic rings. The van der Waals surface area contributed by atoms with Crippen LogP contribution in [0.2, 0.25) is 0 Å². The van der Waals surface area contributed by atoms with Gasteiger partial charge >= 0.3 is 11.9 Å². The van der Waals surface area contributed by atoms with Crippen LogP contribution < -0.4 is 5.32 Å². The average molecular weight is 305 g/mol. The fourth-order valence-electron chi connectivity index (χ4n) is 2.81. The molecule has 0 atom stereocenters. The molecule has 2 rings (SSSR count). The lowest BCUT2D eigenvalue weighted by Gasteiger charge is -2.26. The van der Waals surface area contributed by atoms with E-state index in [0.717, 1.165) is 12.8 Å². The molecule has 0 saturated heterocycles. The van der Waals surface area contributed by atoms with Gasteiger partial charge in [-0.05, 0) is 43.7 Å². The summed E-state index contributed by atoms with van der Waals surface area (Å²) < 4.78 is 0. The molecule has 0 spiro atoms. The van der Waals surface area contributed by atoms with E-state index < -0.39 is 17.8 Å². The zero-order valence-corrected chi connectivity index (χ0v) is 12.1. The highest BCUT2D eigenvalue weighted by atomic mass is 16.4. The molecule has 0 aromatic heterocycles. The van der Waals surface area contributed by atoms with Crippen molar-refractivity contribution in [1.29, 1.82) is 0 Å². The third kappa shape index (κ3) is 3.84. The smallest absolute Gasteiger partial charge is 0.336 e. The number of carboxylic acid groups (broad SMARTS) is 2. The lowest BCUT2D eigenvalue weighted by atomic mass is 9.82. The summed E-state index contributed by atoms with van der Waals surface area (Å²) in [6, 6.07) is 6.09. The number of hydrogen-bond acceptors (Lipinski definition) is 3. The van der Waals surface area contributed by atoms with Crippen molar-refractivity contribution in [3.63, 3.8) is 0 Å². The van der Waals surface area contributed by atoms with E-state index in [4.69, 9.17) is 10.2 Å². The Morgan fingerprint density at radius 3 is 2.14 bits per heavy atom. The molecule has 0 aliphatic heterocycles. The van der Waals surface area contributed by atoms with Gasteiger partial charge in [-0.15, -0.1) is 0 Å². The Kier molecular flexibility index (Phi) is 5.14. The molecule has 3 N–H and O–H groups in total. The molecular formula is C16H19NO5. The molecule has 0 unspecified atom stereocenters. The SMILES string of the molecule is O=C(O)c1ccccc1C(=O)NCC1CCC(C(=O)O)CC1. The van der Waals surface area contributed by atoms with Gasteiger partial charge < -0.3 is 15.5 Å². The topological polar surface area (TPSA) is 104 Å². The van der Waals surface area contributed by atoms with Gasteiger partial charge in [-0.2, -0.15) is 0 Å². The van der Waals surface area contributed by atoms with Crippen LogP contribution in [0, 0.1) is 11.8 Å². The maximum absolute atomic E-state index is 12.1. The number of hydrogen-bond donors (Lipinski definition) is 3. The first-order valence-electron chi connectivity index (χ1n) is 7.32. The van der Waals surface area contributed by atoms with Gasteiger partial charge in [0.25, 0.3) is 5.91 Å². The zero-order chi connectivity index (χ0) is 16.1. The van der Waals surface area contributed by atoms with Crippen molar-refractivity contribution in [2.75, 3.05) is 6.54 Å². The molecule has 1 fully saturated rings. The van der Waals surface area contributed by atoms with Crippen molar-refractivity contribution in [3.05, 3.63) is 35.4 Å². The van der Waals surface area contributed by atoms with Crippen molar-refractivity contribution in [2.24, 2.45) is 11.8 Å². The van der Waals surface area contributed by atoms with E-state index in [1.165, 1.54) is 12.1 Å². The van der Waals surface area contributed by atoms with Crippen molar-refractivity contribution in [2.45, 2.75) is 25.7 Å². The largest absolute Gasteiger partial charge is 0.481 e. The summed E-state index contributed by atoms with van der Waals surface area (Å²) in [5.74, 6) is -2.32. The molecule has 6 nitrogen and oxygen atoms in total. The van der Waals surface area contributed by atoms with E-state index in [1.807, 2.05) is 0 Å². The molecular weight excluding hydrogens is 286 g/mol. The number of aliphatic carboxylic acids is 1. The van der Waals surface area contributed by atoms with Crippen LogP contribution in [0.5, 0.6) is 0 Å². The molecule has 1 aromatic carbocycles. The number of carbonyl (C=O) groups is 3. The third-order valence-corrected chi connectivity index (χ3v) is 4.15. The summed E-state index contributed by atoms with van der Waals surface area (Å²) >= 11 is 0. The standard InChI is InChI=1S/C16H19NO5/c18-14(12-3-1-2-4-13(12)16(21)22)17-9-10-5-7-11(8-6-10)15(19)20/h1-4,10-11H,5-9H2,(H,17,18)(H,19,20)(H,21,22). The van der Waals surface area contributed by atoms with Gasteiger partial charge in [0.15, 0.2) is 0 Å². The van der Waals surface area contributed by atoms with Crippen LogP contribution in [-0.4, -0.2) is 34.6 Å². The van der Waals surface area contributed by atoms with Gasteiger partial charge in [-0.1, -0.05) is 12.1 Å². The van der Waals surface area contributed by atoms with Gasteiger partial charge in [0, 0.05) is 6.54 Å². The maximum atomic E-state index is 12.1. The summed E-state index contributed by atoms with van der Waals surface area (Å²) in [5.41, 5.74) is 0.129. The van der Waals surface area contributed by atoms with Crippen molar-refractivity contribution in [3.8, 4) is 0 Å². The third-order valence-electron chi connectivity index (χ3n) is 4.15. The average Bonchev–Trinajstić information content (AvgIpc) is 2.53. The predicted octanol–water partition coefficient (Wildman–Crippen LogP) is 2.01. The normalized spacial score (nSPS) is 21.1. The molecule has 1 amide bonds. The Balaban J connectivity index is 1.89. The number of benzene rings is 1.